The molecule has 0 aliphatic heterocycles. The summed E-state index contributed by atoms with van der Waals surface area (Å²) in [6, 6.07) is 0.496. The topological polar surface area (TPSA) is 41.6 Å². The van der Waals surface area contributed by atoms with Gasteiger partial charge in [-0.1, -0.05) is 13.8 Å². The molecule has 1 N–H and O–H groups in total. The average Bonchev–Trinajstić information content (AvgIpc) is 2.45. The number of rotatable bonds is 7. The summed E-state index contributed by atoms with van der Waals surface area (Å²) in [5, 5.41) is 3.25. The van der Waals surface area contributed by atoms with Gasteiger partial charge in [0.2, 0.25) is 0 Å². The van der Waals surface area contributed by atoms with Gasteiger partial charge in [0, 0.05) is 6.04 Å². The number of hydrogen-bond acceptors (Lipinski definition) is 4. The summed E-state index contributed by atoms with van der Waals surface area (Å²) in [4.78, 5) is 14.8. The average molecular weight is 270 g/mol. The van der Waals surface area contributed by atoms with Crippen LogP contribution in [-0.4, -0.2) is 49.2 Å². The van der Waals surface area contributed by atoms with E-state index in [1.807, 2.05) is 14.0 Å². The minimum absolute atomic E-state index is 0.0743. The maximum atomic E-state index is 12.3. The molecule has 4 heteroatoms. The number of carbonyl (C=O) groups is 1. The second-order valence-corrected chi connectivity index (χ2v) is 5.43. The first kappa shape index (κ1) is 16.4. The van der Waals surface area contributed by atoms with Crippen LogP contribution in [0.15, 0.2) is 0 Å². The molecule has 1 rings (SSSR count). The van der Waals surface area contributed by atoms with Crippen LogP contribution >= 0.6 is 0 Å². The molecule has 1 aliphatic carbocycles. The van der Waals surface area contributed by atoms with Gasteiger partial charge in [0.05, 0.1) is 6.61 Å². The molecule has 0 aromatic heterocycles. The van der Waals surface area contributed by atoms with Crippen LogP contribution in [0.2, 0.25) is 0 Å². The Morgan fingerprint density at radius 2 is 2.16 bits per heavy atom. The van der Waals surface area contributed by atoms with Crippen molar-refractivity contribution >= 4 is 5.97 Å². The zero-order chi connectivity index (χ0) is 14.3. The lowest BCUT2D eigenvalue weighted by molar-refractivity contribution is -0.153. The van der Waals surface area contributed by atoms with Crippen LogP contribution in [-0.2, 0) is 9.53 Å². The summed E-state index contributed by atoms with van der Waals surface area (Å²) < 4.78 is 5.28. The van der Waals surface area contributed by atoms with Crippen molar-refractivity contribution in [3.05, 3.63) is 0 Å². The highest BCUT2D eigenvalue weighted by Crippen LogP contribution is 2.32. The second kappa shape index (κ2) is 7.85. The van der Waals surface area contributed by atoms with E-state index < -0.39 is 5.54 Å². The highest BCUT2D eigenvalue weighted by atomic mass is 16.5. The second-order valence-electron chi connectivity index (χ2n) is 5.43. The third-order valence-corrected chi connectivity index (χ3v) is 4.30. The van der Waals surface area contributed by atoms with Crippen LogP contribution in [0.1, 0.15) is 52.9 Å². The van der Waals surface area contributed by atoms with Gasteiger partial charge in [0.25, 0.3) is 0 Å². The first-order chi connectivity index (χ1) is 9.13. The highest BCUT2D eigenvalue weighted by Gasteiger charge is 2.43. The van der Waals surface area contributed by atoms with Crippen molar-refractivity contribution in [2.24, 2.45) is 0 Å². The summed E-state index contributed by atoms with van der Waals surface area (Å²) in [6.45, 7) is 8.92. The van der Waals surface area contributed by atoms with Gasteiger partial charge in [-0.15, -0.1) is 0 Å². The van der Waals surface area contributed by atoms with Gasteiger partial charge in [-0.25, -0.2) is 0 Å². The highest BCUT2D eigenvalue weighted by molar-refractivity contribution is 5.81. The minimum atomic E-state index is -0.472. The summed E-state index contributed by atoms with van der Waals surface area (Å²) in [6.07, 6.45) is 5.20. The zero-order valence-corrected chi connectivity index (χ0v) is 13.0. The van der Waals surface area contributed by atoms with Gasteiger partial charge >= 0.3 is 5.97 Å². The molecule has 1 aliphatic rings. The molecule has 0 heterocycles. The molecule has 0 spiro atoms. The van der Waals surface area contributed by atoms with Crippen LogP contribution in [0, 0.1) is 0 Å². The van der Waals surface area contributed by atoms with Crippen molar-refractivity contribution in [3.8, 4) is 0 Å². The van der Waals surface area contributed by atoms with Crippen molar-refractivity contribution in [2.45, 2.75) is 64.5 Å². The van der Waals surface area contributed by atoms with E-state index in [0.717, 1.165) is 38.8 Å². The monoisotopic (exact) mass is 270 g/mol. The summed E-state index contributed by atoms with van der Waals surface area (Å²) in [7, 11) is 1.88. The Labute approximate surface area is 117 Å². The van der Waals surface area contributed by atoms with Crippen molar-refractivity contribution in [1.82, 2.24) is 10.2 Å². The first-order valence-corrected chi connectivity index (χ1v) is 7.73. The minimum Gasteiger partial charge on any atom is -0.465 e. The van der Waals surface area contributed by atoms with E-state index in [-0.39, 0.29) is 5.97 Å². The molecule has 0 radical (unpaired) electrons. The summed E-state index contributed by atoms with van der Waals surface area (Å²) >= 11 is 0. The van der Waals surface area contributed by atoms with Crippen LogP contribution < -0.4 is 5.32 Å². The van der Waals surface area contributed by atoms with Crippen molar-refractivity contribution in [2.75, 3.05) is 26.7 Å². The maximum absolute atomic E-state index is 12.3. The Morgan fingerprint density at radius 3 is 2.68 bits per heavy atom. The molecule has 0 saturated heterocycles. The van der Waals surface area contributed by atoms with Crippen LogP contribution in [0.25, 0.3) is 0 Å². The molecular formula is C15H30N2O2. The van der Waals surface area contributed by atoms with E-state index in [4.69, 9.17) is 4.74 Å². The Bertz CT molecular complexity index is 283. The van der Waals surface area contributed by atoms with Gasteiger partial charge in [0.1, 0.15) is 5.54 Å². The largest absolute Gasteiger partial charge is 0.465 e. The number of esters is 1. The Kier molecular flexibility index (Phi) is 6.80. The zero-order valence-electron chi connectivity index (χ0n) is 13.0. The lowest BCUT2D eigenvalue weighted by Gasteiger charge is -2.42. The van der Waals surface area contributed by atoms with E-state index in [9.17, 15) is 4.79 Å². The Balaban J connectivity index is 2.76. The molecule has 1 fully saturated rings. The van der Waals surface area contributed by atoms with E-state index in [1.165, 1.54) is 6.42 Å². The molecule has 0 bridgehead atoms. The third-order valence-electron chi connectivity index (χ3n) is 4.30. The number of carbonyl (C=O) groups excluding carboxylic acids is 1. The molecule has 0 aromatic rings. The van der Waals surface area contributed by atoms with Gasteiger partial charge in [-0.2, -0.15) is 0 Å². The van der Waals surface area contributed by atoms with E-state index in [1.54, 1.807) is 0 Å². The molecule has 4 nitrogen and oxygen atoms in total. The molecule has 0 amide bonds. The van der Waals surface area contributed by atoms with Gasteiger partial charge in [0.15, 0.2) is 0 Å². The third kappa shape index (κ3) is 3.93. The fraction of sp³-hybridized carbons (Fsp3) is 0.933. The normalized spacial score (nSPS) is 27.5. The fourth-order valence-electron chi connectivity index (χ4n) is 3.23. The molecule has 2 unspecified atom stereocenters. The van der Waals surface area contributed by atoms with E-state index in [2.05, 4.69) is 24.1 Å². The predicted molar refractivity (Wildman–Crippen MR) is 78.2 cm³/mol. The molecule has 2 atom stereocenters. The maximum Gasteiger partial charge on any atom is 0.326 e. The van der Waals surface area contributed by atoms with Crippen LogP contribution in [0.4, 0.5) is 0 Å². The Hall–Kier alpha value is -0.610. The Morgan fingerprint density at radius 1 is 1.42 bits per heavy atom. The van der Waals surface area contributed by atoms with Gasteiger partial charge in [-0.05, 0) is 59.2 Å². The molecule has 0 aromatic carbocycles. The lowest BCUT2D eigenvalue weighted by atomic mass is 9.78. The molecule has 19 heavy (non-hydrogen) atoms. The van der Waals surface area contributed by atoms with E-state index in [0.29, 0.717) is 12.6 Å². The quantitative estimate of drug-likeness (QED) is 0.720. The molecular weight excluding hydrogens is 240 g/mol. The van der Waals surface area contributed by atoms with Crippen molar-refractivity contribution in [1.29, 1.82) is 0 Å². The van der Waals surface area contributed by atoms with Crippen LogP contribution in [0.5, 0.6) is 0 Å². The fourth-order valence-corrected chi connectivity index (χ4v) is 3.23. The van der Waals surface area contributed by atoms with Gasteiger partial charge in [-0.3, -0.25) is 4.79 Å². The first-order valence-electron chi connectivity index (χ1n) is 7.73. The molecule has 1 saturated carbocycles. The standard InChI is InChI=1S/C15H30N2O2/c1-5-11-17(6-2)13-9-8-10-15(12-13,16-4)14(18)19-7-3/h13,16H,5-12H2,1-4H3. The van der Waals surface area contributed by atoms with Crippen molar-refractivity contribution in [3.63, 3.8) is 0 Å². The molecule has 112 valence electrons. The predicted octanol–water partition coefficient (Wildman–Crippen LogP) is 2.18. The number of ether oxygens (including phenoxy) is 1. The SMILES string of the molecule is CCCN(CC)C1CCCC(NC)(C(=O)OCC)C1. The van der Waals surface area contributed by atoms with Crippen molar-refractivity contribution < 1.29 is 9.53 Å². The number of nitrogens with zero attached hydrogens (tertiary/aromatic N) is 1. The van der Waals surface area contributed by atoms with E-state index >= 15 is 0 Å². The number of nitrogens with one attached hydrogen (secondary N) is 1. The lowest BCUT2D eigenvalue weighted by Crippen LogP contribution is -2.57. The van der Waals surface area contributed by atoms with Crippen LogP contribution in [0.3, 0.4) is 0 Å². The summed E-state index contributed by atoms with van der Waals surface area (Å²) in [5.74, 6) is -0.0743. The van der Waals surface area contributed by atoms with Gasteiger partial charge < -0.3 is 15.0 Å². The smallest absolute Gasteiger partial charge is 0.326 e. The summed E-state index contributed by atoms with van der Waals surface area (Å²) in [5.41, 5.74) is -0.472. The number of hydrogen-bond donors (Lipinski definition) is 1. The number of likely N-dealkylation sites (N-methyl/N-ethyl adjacent to an activating group) is 1.